The normalized spacial score (nSPS) is 2.50. The van der Waals surface area contributed by atoms with E-state index in [1.165, 1.54) is 6.07 Å². The van der Waals surface area contributed by atoms with Crippen LogP contribution in [0.3, 0.4) is 0 Å². The highest BCUT2D eigenvalue weighted by Crippen LogP contribution is 1.27. The lowest BCUT2D eigenvalue weighted by Crippen LogP contribution is -1.26. The molecule has 0 radical (unpaired) electrons. The van der Waals surface area contributed by atoms with Crippen molar-refractivity contribution in [2.75, 3.05) is 0 Å². The highest BCUT2D eigenvalue weighted by atomic mass is 14.3. The average molecular weight is 53.0 g/mol. The Morgan fingerprint density at radius 2 is 2.00 bits per heavy atom. The fourth-order valence-corrected chi connectivity index (χ4v) is 0. The van der Waals surface area contributed by atoms with Gasteiger partial charge in [-0.1, -0.05) is 0 Å². The maximum Gasteiger partial charge on any atom is 0.152 e. The van der Waals surface area contributed by atoms with Crippen molar-refractivity contribution in [3.8, 4) is 18.4 Å². The van der Waals surface area contributed by atoms with Crippen LogP contribution in [0.15, 0.2) is 0 Å². The Hall–Kier alpha value is -0.950. The molecule has 0 unspecified atom stereocenters. The van der Waals surface area contributed by atoms with E-state index in [0.29, 0.717) is 0 Å². The van der Waals surface area contributed by atoms with Crippen molar-refractivity contribution in [2.24, 2.45) is 0 Å². The van der Waals surface area contributed by atoms with E-state index < -0.39 is 0 Å². The van der Waals surface area contributed by atoms with Crippen molar-refractivity contribution in [1.82, 2.24) is 0 Å². The number of terminal acetylenes is 1. The minimum absolute atomic E-state index is 1.46. The molecular formula is C3HN. The third kappa shape index (κ3) is 1.05. The van der Waals surface area contributed by atoms with Crippen LogP contribution >= 0.6 is 0 Å². The van der Waals surface area contributed by atoms with Gasteiger partial charge in [-0.25, -0.2) is 0 Å². The molecule has 0 heterocycles. The van der Waals surface area contributed by atoms with E-state index in [4.69, 9.17) is 5.26 Å². The van der Waals surface area contributed by atoms with Gasteiger partial charge in [-0.3, -0.25) is 0 Å². The highest BCUT2D eigenvalue weighted by molar-refractivity contribution is 5.08. The summed E-state index contributed by atoms with van der Waals surface area (Å²) >= 11 is 0. The summed E-state index contributed by atoms with van der Waals surface area (Å²) in [7, 11) is 0. The van der Waals surface area contributed by atoms with E-state index in [2.05, 4.69) is 6.42 Å². The van der Waals surface area contributed by atoms with Gasteiger partial charge in [0.25, 0.3) is 0 Å². The molecule has 1 nitrogen and oxygen atoms in total. The largest absolute Gasteiger partial charge is 0.183 e. The smallest absolute Gasteiger partial charge is 0.152 e. The topological polar surface area (TPSA) is 23.8 Å². The second-order valence-electron chi connectivity index (χ2n) is 0.256. The standard InChI is InChI=1S/C3HN/c1-2-3-4/h1H/i1+1,2+1. The first-order valence-electron chi connectivity index (χ1n) is 0.762. The van der Waals surface area contributed by atoms with Gasteiger partial charge in [0.1, 0.15) is 0 Å². The summed E-state index contributed by atoms with van der Waals surface area (Å²) in [6, 6.07) is 1.46. The van der Waals surface area contributed by atoms with Gasteiger partial charge in [0.05, 0.1) is 0 Å². The second kappa shape index (κ2) is 2.05. The molecule has 0 fully saturated rings. The molecule has 0 aliphatic heterocycles. The number of hydrogen-bond acceptors (Lipinski definition) is 1. The molecule has 0 aromatic rings. The molecule has 0 amide bonds. The van der Waals surface area contributed by atoms with Gasteiger partial charge in [-0.15, -0.1) is 6.42 Å². The van der Waals surface area contributed by atoms with E-state index in [9.17, 15) is 0 Å². The lowest BCUT2D eigenvalue weighted by molar-refractivity contribution is 1.55. The Bertz CT molecular complexity index is 58.3. The minimum Gasteiger partial charge on any atom is -0.183 e. The molecule has 0 rings (SSSR count). The summed E-state index contributed by atoms with van der Waals surface area (Å²) < 4.78 is 0. The van der Waals surface area contributed by atoms with Crippen molar-refractivity contribution in [3.63, 3.8) is 0 Å². The summed E-state index contributed by atoms with van der Waals surface area (Å²) in [5, 5.41) is 7.39. The summed E-state index contributed by atoms with van der Waals surface area (Å²) in [6.45, 7) is 0. The van der Waals surface area contributed by atoms with Gasteiger partial charge < -0.3 is 0 Å². The predicted molar refractivity (Wildman–Crippen MR) is 14.4 cm³/mol. The minimum atomic E-state index is 1.46. The third-order valence-corrected chi connectivity index (χ3v) is 0.0645. The zero-order chi connectivity index (χ0) is 3.41. The Morgan fingerprint density at radius 1 is 1.75 bits per heavy atom. The maximum atomic E-state index is 7.39. The fraction of sp³-hybridized carbons (Fsp3) is 0. The van der Waals surface area contributed by atoms with Crippen LogP contribution in [0.1, 0.15) is 0 Å². The predicted octanol–water partition coefficient (Wildman–Crippen LogP) is 0.143. The quantitative estimate of drug-likeness (QED) is 0.284. The lowest BCUT2D eigenvalue weighted by Gasteiger charge is -1.23. The summed E-state index contributed by atoms with van der Waals surface area (Å²) in [5.74, 6) is 1.74. The van der Waals surface area contributed by atoms with Crippen LogP contribution in [-0.4, -0.2) is 0 Å². The molecule has 4 heavy (non-hydrogen) atoms. The summed E-state index contributed by atoms with van der Waals surface area (Å²) in [5.41, 5.74) is 0. The number of rotatable bonds is 0. The zero-order valence-corrected chi connectivity index (χ0v) is 2.02. The van der Waals surface area contributed by atoms with Crippen molar-refractivity contribution in [2.45, 2.75) is 0 Å². The maximum absolute atomic E-state index is 7.39. The van der Waals surface area contributed by atoms with Crippen molar-refractivity contribution >= 4 is 0 Å². The van der Waals surface area contributed by atoms with Crippen LogP contribution in [0.25, 0.3) is 0 Å². The summed E-state index contributed by atoms with van der Waals surface area (Å²) in [6.07, 6.45) is 4.42. The van der Waals surface area contributed by atoms with Crippen LogP contribution in [-0.2, 0) is 0 Å². The molecule has 0 spiro atoms. The van der Waals surface area contributed by atoms with Gasteiger partial charge in [0.2, 0.25) is 0 Å². The first-order valence-corrected chi connectivity index (χ1v) is 0.762. The van der Waals surface area contributed by atoms with Crippen LogP contribution in [0.2, 0.25) is 0 Å². The first kappa shape index (κ1) is 3.05. The van der Waals surface area contributed by atoms with Crippen molar-refractivity contribution in [1.29, 1.82) is 5.26 Å². The molecule has 0 aliphatic carbocycles. The van der Waals surface area contributed by atoms with Crippen molar-refractivity contribution in [3.05, 3.63) is 0 Å². The molecule has 0 aromatic heterocycles. The molecule has 0 aromatic carbocycles. The molecule has 0 aliphatic rings. The molecule has 0 saturated heterocycles. The van der Waals surface area contributed by atoms with Gasteiger partial charge in [-0.05, 0) is 0 Å². The molecule has 0 N–H and O–H groups in total. The number of nitrogens with zero attached hydrogens (tertiary/aromatic N) is 1. The van der Waals surface area contributed by atoms with E-state index in [0.717, 1.165) is 0 Å². The Balaban J connectivity index is 3.14. The molecule has 0 atom stereocenters. The van der Waals surface area contributed by atoms with Crippen LogP contribution in [0.5, 0.6) is 0 Å². The highest BCUT2D eigenvalue weighted by Gasteiger charge is 1.31. The second-order valence-corrected chi connectivity index (χ2v) is 0.256. The fourth-order valence-electron chi connectivity index (χ4n) is 0. The zero-order valence-electron chi connectivity index (χ0n) is 2.02. The first-order chi connectivity index (χ1) is 1.91. The van der Waals surface area contributed by atoms with E-state index in [-0.39, 0.29) is 0 Å². The van der Waals surface area contributed by atoms with Gasteiger partial charge >= 0.3 is 0 Å². The Kier molecular flexibility index (Phi) is 1.56. The molecule has 1 heteroatoms. The van der Waals surface area contributed by atoms with Crippen molar-refractivity contribution < 1.29 is 0 Å². The molecule has 0 bridgehead atoms. The lowest BCUT2D eigenvalue weighted by atomic mass is 11.3. The van der Waals surface area contributed by atoms with E-state index in [1.54, 1.807) is 5.92 Å². The SMILES string of the molecule is [13CH]#[13C]C#N. The summed E-state index contributed by atoms with van der Waals surface area (Å²) in [4.78, 5) is 0. The Labute approximate surface area is 24.9 Å². The molecule has 0 saturated carbocycles. The van der Waals surface area contributed by atoms with Crippen LogP contribution < -0.4 is 0 Å². The number of hydrogen-bond donors (Lipinski definition) is 0. The Morgan fingerprint density at radius 3 is 2.00 bits per heavy atom. The average Bonchev–Trinajstić information content (AvgIpc) is 1.37. The van der Waals surface area contributed by atoms with E-state index >= 15 is 0 Å². The van der Waals surface area contributed by atoms with Gasteiger partial charge in [-0.2, -0.15) is 5.26 Å². The monoisotopic (exact) mass is 53.0 g/mol. The van der Waals surface area contributed by atoms with Crippen LogP contribution in [0.4, 0.5) is 0 Å². The molecule has 18 valence electrons. The molecular weight excluding hydrogens is 52.0 g/mol. The van der Waals surface area contributed by atoms with Gasteiger partial charge in [0.15, 0.2) is 6.07 Å². The van der Waals surface area contributed by atoms with Gasteiger partial charge in [0, 0.05) is 5.92 Å². The van der Waals surface area contributed by atoms with Crippen LogP contribution in [0, 0.1) is 23.7 Å². The third-order valence-electron chi connectivity index (χ3n) is 0.0645. The van der Waals surface area contributed by atoms with E-state index in [1.807, 2.05) is 0 Å². The number of nitriles is 1.